The van der Waals surface area contributed by atoms with E-state index in [1.165, 1.54) is 6.92 Å². The number of rotatable bonds is 3. The lowest BCUT2D eigenvalue weighted by Crippen LogP contribution is -2.37. The first kappa shape index (κ1) is 11.5. The number of benzene rings is 1. The van der Waals surface area contributed by atoms with Crippen LogP contribution in [0, 0.1) is 0 Å². The zero-order valence-electron chi connectivity index (χ0n) is 9.42. The molecule has 0 amide bonds. The average Bonchev–Trinajstić information content (AvgIpc) is 2.28. The molecular formula is C13H13NO3. The fraction of sp³-hybridized carbons (Fsp3) is 0.231. The van der Waals surface area contributed by atoms with E-state index in [0.29, 0.717) is 5.69 Å². The van der Waals surface area contributed by atoms with Gasteiger partial charge in [-0.25, -0.2) is 4.79 Å². The molecule has 0 bridgehead atoms. The molecule has 17 heavy (non-hydrogen) atoms. The fourth-order valence-electron chi connectivity index (χ4n) is 1.63. The summed E-state index contributed by atoms with van der Waals surface area (Å²) in [6, 6.07) is 11.2. The molecule has 1 aromatic carbocycles. The van der Waals surface area contributed by atoms with Gasteiger partial charge in [0.15, 0.2) is 5.60 Å². The number of nitrogens with zero attached hydrogens (tertiary/aromatic N) is 1. The van der Waals surface area contributed by atoms with E-state index in [1.54, 1.807) is 6.07 Å². The van der Waals surface area contributed by atoms with Crippen molar-refractivity contribution in [1.82, 2.24) is 4.98 Å². The van der Waals surface area contributed by atoms with Crippen LogP contribution in [-0.4, -0.2) is 26.8 Å². The Hall–Kier alpha value is -1.94. The van der Waals surface area contributed by atoms with E-state index in [1.807, 2.05) is 30.3 Å². The molecule has 1 unspecified atom stereocenters. The Bertz CT molecular complexity index is 563. The van der Waals surface area contributed by atoms with Crippen molar-refractivity contribution >= 4 is 16.9 Å². The van der Waals surface area contributed by atoms with Crippen molar-refractivity contribution < 1.29 is 15.0 Å². The molecule has 0 saturated carbocycles. The normalized spacial score (nSPS) is 14.5. The lowest BCUT2D eigenvalue weighted by Gasteiger charge is -2.17. The number of para-hydroxylation sites is 1. The average molecular weight is 231 g/mol. The largest absolute Gasteiger partial charge is 0.479 e. The molecule has 1 atom stereocenters. The van der Waals surface area contributed by atoms with Crippen LogP contribution in [-0.2, 0) is 11.2 Å². The minimum Gasteiger partial charge on any atom is -0.479 e. The number of fused-ring (bicyclic) bond motifs is 1. The number of carboxylic acids is 1. The van der Waals surface area contributed by atoms with Crippen molar-refractivity contribution in [3.05, 3.63) is 42.1 Å². The fourth-order valence-corrected chi connectivity index (χ4v) is 1.63. The van der Waals surface area contributed by atoms with Gasteiger partial charge in [-0.1, -0.05) is 24.3 Å². The Balaban J connectivity index is 2.34. The topological polar surface area (TPSA) is 70.4 Å². The van der Waals surface area contributed by atoms with Crippen molar-refractivity contribution in [2.75, 3.05) is 0 Å². The molecule has 88 valence electrons. The number of aliphatic carboxylic acids is 1. The predicted molar refractivity (Wildman–Crippen MR) is 63.7 cm³/mol. The number of carbonyl (C=O) groups is 1. The number of aromatic nitrogens is 1. The smallest absolute Gasteiger partial charge is 0.335 e. The van der Waals surface area contributed by atoms with E-state index in [-0.39, 0.29) is 6.42 Å². The van der Waals surface area contributed by atoms with Gasteiger partial charge in [0, 0.05) is 17.5 Å². The van der Waals surface area contributed by atoms with Gasteiger partial charge in [-0.15, -0.1) is 0 Å². The highest BCUT2D eigenvalue weighted by Crippen LogP contribution is 2.16. The van der Waals surface area contributed by atoms with Gasteiger partial charge in [-0.3, -0.25) is 4.98 Å². The quantitative estimate of drug-likeness (QED) is 0.842. The maximum absolute atomic E-state index is 10.8. The van der Waals surface area contributed by atoms with Crippen LogP contribution in [0.15, 0.2) is 36.4 Å². The number of carboxylic acid groups (broad SMARTS) is 1. The second-order valence-corrected chi connectivity index (χ2v) is 4.25. The molecule has 0 aliphatic heterocycles. The Kier molecular flexibility index (Phi) is 2.81. The highest BCUT2D eigenvalue weighted by atomic mass is 16.4. The van der Waals surface area contributed by atoms with Crippen LogP contribution in [0.25, 0.3) is 10.9 Å². The molecule has 4 nitrogen and oxygen atoms in total. The van der Waals surface area contributed by atoms with Crippen LogP contribution in [0.3, 0.4) is 0 Å². The Morgan fingerprint density at radius 2 is 2.00 bits per heavy atom. The Morgan fingerprint density at radius 3 is 2.71 bits per heavy atom. The molecule has 2 N–H and O–H groups in total. The summed E-state index contributed by atoms with van der Waals surface area (Å²) in [5, 5.41) is 19.5. The van der Waals surface area contributed by atoms with Gasteiger partial charge in [0.1, 0.15) is 0 Å². The number of pyridine rings is 1. The van der Waals surface area contributed by atoms with E-state index in [2.05, 4.69) is 4.98 Å². The molecule has 1 heterocycles. The Labute approximate surface area is 98.5 Å². The summed E-state index contributed by atoms with van der Waals surface area (Å²) < 4.78 is 0. The second-order valence-electron chi connectivity index (χ2n) is 4.25. The third kappa shape index (κ3) is 2.42. The maximum Gasteiger partial charge on any atom is 0.335 e. The van der Waals surface area contributed by atoms with Gasteiger partial charge in [0.2, 0.25) is 0 Å². The lowest BCUT2D eigenvalue weighted by molar-refractivity contribution is -0.156. The summed E-state index contributed by atoms with van der Waals surface area (Å²) in [4.78, 5) is 15.1. The maximum atomic E-state index is 10.8. The first-order valence-corrected chi connectivity index (χ1v) is 5.29. The lowest BCUT2D eigenvalue weighted by atomic mass is 10.00. The Morgan fingerprint density at radius 1 is 1.29 bits per heavy atom. The minimum atomic E-state index is -1.78. The summed E-state index contributed by atoms with van der Waals surface area (Å²) in [6.45, 7) is 1.27. The van der Waals surface area contributed by atoms with Gasteiger partial charge in [-0.05, 0) is 19.1 Å². The van der Waals surface area contributed by atoms with Crippen molar-refractivity contribution in [2.24, 2.45) is 0 Å². The highest BCUT2D eigenvalue weighted by molar-refractivity contribution is 5.79. The van der Waals surface area contributed by atoms with E-state index in [4.69, 9.17) is 5.11 Å². The first-order chi connectivity index (χ1) is 7.99. The van der Waals surface area contributed by atoms with Crippen molar-refractivity contribution in [2.45, 2.75) is 18.9 Å². The SMILES string of the molecule is CC(O)(Cc1ccc2ccccc2n1)C(=O)O. The van der Waals surface area contributed by atoms with Gasteiger partial charge in [0.25, 0.3) is 0 Å². The van der Waals surface area contributed by atoms with Gasteiger partial charge in [-0.2, -0.15) is 0 Å². The molecule has 0 aliphatic carbocycles. The standard InChI is InChI=1S/C13H13NO3/c1-13(17,12(15)16)8-10-7-6-9-4-2-3-5-11(9)14-10/h2-7,17H,8H2,1H3,(H,15,16). The van der Waals surface area contributed by atoms with E-state index in [9.17, 15) is 9.90 Å². The highest BCUT2D eigenvalue weighted by Gasteiger charge is 2.30. The number of hydrogen-bond acceptors (Lipinski definition) is 3. The molecule has 0 fully saturated rings. The summed E-state index contributed by atoms with van der Waals surface area (Å²) in [6.07, 6.45) is -0.00678. The molecular weight excluding hydrogens is 218 g/mol. The van der Waals surface area contributed by atoms with Crippen molar-refractivity contribution in [3.8, 4) is 0 Å². The van der Waals surface area contributed by atoms with Crippen LogP contribution in [0.5, 0.6) is 0 Å². The van der Waals surface area contributed by atoms with Crippen LogP contribution in [0.1, 0.15) is 12.6 Å². The summed E-state index contributed by atoms with van der Waals surface area (Å²) in [5.41, 5.74) is -0.419. The number of hydrogen-bond donors (Lipinski definition) is 2. The monoisotopic (exact) mass is 231 g/mol. The zero-order chi connectivity index (χ0) is 12.5. The zero-order valence-corrected chi connectivity index (χ0v) is 9.42. The van der Waals surface area contributed by atoms with E-state index in [0.717, 1.165) is 10.9 Å². The summed E-state index contributed by atoms with van der Waals surface area (Å²) in [5.74, 6) is -1.24. The second kappa shape index (κ2) is 4.14. The number of aliphatic hydroxyl groups is 1. The van der Waals surface area contributed by atoms with E-state index < -0.39 is 11.6 Å². The minimum absolute atomic E-state index is 0.00678. The van der Waals surface area contributed by atoms with Crippen molar-refractivity contribution in [3.63, 3.8) is 0 Å². The van der Waals surface area contributed by atoms with E-state index >= 15 is 0 Å². The molecule has 1 aromatic heterocycles. The molecule has 0 spiro atoms. The summed E-state index contributed by atoms with van der Waals surface area (Å²) in [7, 11) is 0. The van der Waals surface area contributed by atoms with Crippen LogP contribution in [0.4, 0.5) is 0 Å². The first-order valence-electron chi connectivity index (χ1n) is 5.29. The van der Waals surface area contributed by atoms with Crippen LogP contribution in [0.2, 0.25) is 0 Å². The summed E-state index contributed by atoms with van der Waals surface area (Å²) >= 11 is 0. The molecule has 0 radical (unpaired) electrons. The van der Waals surface area contributed by atoms with Crippen LogP contribution < -0.4 is 0 Å². The van der Waals surface area contributed by atoms with Gasteiger partial charge in [0.05, 0.1) is 5.52 Å². The van der Waals surface area contributed by atoms with Crippen molar-refractivity contribution in [1.29, 1.82) is 0 Å². The molecule has 2 aromatic rings. The molecule has 0 saturated heterocycles. The third-order valence-corrected chi connectivity index (χ3v) is 2.64. The van der Waals surface area contributed by atoms with Gasteiger partial charge >= 0.3 is 5.97 Å². The van der Waals surface area contributed by atoms with Gasteiger partial charge < -0.3 is 10.2 Å². The third-order valence-electron chi connectivity index (χ3n) is 2.64. The molecule has 0 aliphatic rings. The molecule has 4 heteroatoms. The molecule has 2 rings (SSSR count). The predicted octanol–water partition coefficient (Wildman–Crippen LogP) is 1.61. The van der Waals surface area contributed by atoms with Crippen LogP contribution >= 0.6 is 0 Å².